The van der Waals surface area contributed by atoms with Crippen molar-refractivity contribution in [1.82, 2.24) is 9.88 Å². The van der Waals surface area contributed by atoms with Crippen molar-refractivity contribution < 1.29 is 9.59 Å². The van der Waals surface area contributed by atoms with Crippen LogP contribution in [0.5, 0.6) is 0 Å². The zero-order valence-corrected chi connectivity index (χ0v) is 15.5. The van der Waals surface area contributed by atoms with E-state index in [1.807, 2.05) is 30.4 Å². The first-order valence-corrected chi connectivity index (χ1v) is 10.6. The lowest BCUT2D eigenvalue weighted by Gasteiger charge is -2.14. The minimum atomic E-state index is -0.409. The quantitative estimate of drug-likeness (QED) is 0.528. The molecule has 0 radical (unpaired) electrons. The average Bonchev–Trinajstić information content (AvgIpc) is 2.75. The number of rotatable bonds is 4. The topological polar surface area (TPSA) is 50.3 Å². The normalized spacial score (nSPS) is 24.4. The number of hydrogen-bond donors (Lipinski definition) is 0. The number of carbonyl (C=O) groups excluding carboxylic acids is 2. The van der Waals surface area contributed by atoms with Gasteiger partial charge in [0.2, 0.25) is 11.8 Å². The molecule has 7 heteroatoms. The van der Waals surface area contributed by atoms with Crippen LogP contribution in [-0.2, 0) is 9.59 Å². The molecule has 0 N–H and O–H groups in total. The molecule has 3 rings (SSSR count). The molecule has 1 aromatic heterocycles. The predicted octanol–water partition coefficient (Wildman–Crippen LogP) is 2.83. The summed E-state index contributed by atoms with van der Waals surface area (Å²) >= 11 is 2.72. The lowest BCUT2D eigenvalue weighted by atomic mass is 10.3. The summed E-state index contributed by atoms with van der Waals surface area (Å²) in [6.07, 6.45) is 7.77. The summed E-state index contributed by atoms with van der Waals surface area (Å²) in [7, 11) is 1.56. The number of hydrogen-bond acceptors (Lipinski definition) is 5. The number of pyridine rings is 1. The van der Waals surface area contributed by atoms with Crippen LogP contribution < -0.4 is 0 Å². The third kappa shape index (κ3) is 3.36. The van der Waals surface area contributed by atoms with Gasteiger partial charge in [0, 0.05) is 16.2 Å². The molecule has 1 aromatic rings. The Balaban J connectivity index is 1.82. The number of allylic oxidation sites excluding steroid dienone is 3. The number of imide groups is 1. The number of nitrogens with zero attached hydrogens (tertiary/aromatic N) is 2. The second kappa shape index (κ2) is 7.10. The summed E-state index contributed by atoms with van der Waals surface area (Å²) in [5, 5.41) is -0.00287. The minimum absolute atomic E-state index is 0.108. The maximum atomic E-state index is 12.4. The largest absolute Gasteiger partial charge is 0.284 e. The summed E-state index contributed by atoms with van der Waals surface area (Å²) < 4.78 is 3.38. The van der Waals surface area contributed by atoms with Crippen LogP contribution in [-0.4, -0.2) is 43.3 Å². The van der Waals surface area contributed by atoms with E-state index < -0.39 is 5.25 Å². The Morgan fingerprint density at radius 1 is 1.14 bits per heavy atom. The van der Waals surface area contributed by atoms with E-state index in [9.17, 15) is 9.59 Å². The molecule has 1 saturated heterocycles. The van der Waals surface area contributed by atoms with Gasteiger partial charge in [-0.25, -0.2) is 4.98 Å². The van der Waals surface area contributed by atoms with Gasteiger partial charge >= 0.3 is 0 Å². The van der Waals surface area contributed by atoms with E-state index in [1.54, 1.807) is 13.2 Å². The van der Waals surface area contributed by atoms with E-state index in [-0.39, 0.29) is 37.8 Å². The van der Waals surface area contributed by atoms with Gasteiger partial charge in [0.05, 0.1) is 5.03 Å². The highest BCUT2D eigenvalue weighted by molar-refractivity contribution is 14.2. The Bertz CT molecular complexity index is 688. The first-order chi connectivity index (χ1) is 10.7. The Kier molecular flexibility index (Phi) is 5.14. The SMILES string of the molecule is CN1C(=O)C(SC2=CC=CC=I2)C(Sc2ccccn2)C1=O. The van der Waals surface area contributed by atoms with E-state index in [0.717, 1.165) is 5.03 Å². The van der Waals surface area contributed by atoms with E-state index in [0.29, 0.717) is 0 Å². The average molecular weight is 444 g/mol. The Labute approximate surface area is 147 Å². The van der Waals surface area contributed by atoms with Crippen molar-refractivity contribution in [3.8, 4) is 0 Å². The molecule has 0 bridgehead atoms. The van der Waals surface area contributed by atoms with Crippen LogP contribution in [0.3, 0.4) is 0 Å². The van der Waals surface area contributed by atoms with E-state index in [2.05, 4.69) is 15.1 Å². The zero-order valence-electron chi connectivity index (χ0n) is 11.7. The number of carbonyl (C=O) groups is 2. The van der Waals surface area contributed by atoms with Crippen molar-refractivity contribution in [3.63, 3.8) is 0 Å². The predicted molar refractivity (Wildman–Crippen MR) is 100 cm³/mol. The van der Waals surface area contributed by atoms with Gasteiger partial charge in [-0.05, 0) is 22.2 Å². The Morgan fingerprint density at radius 2 is 1.91 bits per heavy atom. The van der Waals surface area contributed by atoms with E-state index >= 15 is 0 Å². The number of halogens is 1. The summed E-state index contributed by atoms with van der Waals surface area (Å²) in [4.78, 5) is 30.3. The molecule has 0 aromatic carbocycles. The molecule has 0 saturated carbocycles. The molecule has 114 valence electrons. The van der Waals surface area contributed by atoms with Crippen LogP contribution in [0.25, 0.3) is 0 Å². The van der Waals surface area contributed by atoms with E-state index in [4.69, 9.17) is 0 Å². The summed E-state index contributed by atoms with van der Waals surface area (Å²) in [6.45, 7) is 0. The van der Waals surface area contributed by atoms with Crippen LogP contribution in [0.1, 0.15) is 0 Å². The smallest absolute Gasteiger partial charge is 0.244 e. The molecule has 0 aliphatic carbocycles. The van der Waals surface area contributed by atoms with Gasteiger partial charge in [0.25, 0.3) is 0 Å². The van der Waals surface area contributed by atoms with Gasteiger partial charge in [-0.15, -0.1) is 11.8 Å². The van der Waals surface area contributed by atoms with Gasteiger partial charge in [-0.2, -0.15) is 0 Å². The number of amides is 2. The monoisotopic (exact) mass is 444 g/mol. The third-order valence-corrected chi connectivity index (χ3v) is 8.71. The van der Waals surface area contributed by atoms with Gasteiger partial charge in [0.15, 0.2) is 0 Å². The van der Waals surface area contributed by atoms with Crippen LogP contribution in [0, 0.1) is 0 Å². The van der Waals surface area contributed by atoms with Crippen molar-refractivity contribution in [2.24, 2.45) is 0 Å². The van der Waals surface area contributed by atoms with Crippen LogP contribution in [0.4, 0.5) is 0 Å². The molecule has 1 fully saturated rings. The van der Waals surface area contributed by atoms with Crippen molar-refractivity contribution in [3.05, 3.63) is 45.5 Å². The molecule has 2 amide bonds. The molecule has 2 atom stereocenters. The van der Waals surface area contributed by atoms with Crippen molar-refractivity contribution in [1.29, 1.82) is 0 Å². The Morgan fingerprint density at radius 3 is 2.55 bits per heavy atom. The highest BCUT2D eigenvalue weighted by Gasteiger charge is 2.47. The van der Waals surface area contributed by atoms with Crippen molar-refractivity contribution in [2.45, 2.75) is 15.5 Å². The third-order valence-electron chi connectivity index (χ3n) is 3.13. The second-order valence-electron chi connectivity index (χ2n) is 4.57. The summed E-state index contributed by atoms with van der Waals surface area (Å²) in [5.74, 6) is -0.241. The molecule has 2 aliphatic heterocycles. The molecule has 22 heavy (non-hydrogen) atoms. The zero-order chi connectivity index (χ0) is 15.5. The maximum Gasteiger partial charge on any atom is 0.244 e. The lowest BCUT2D eigenvalue weighted by Crippen LogP contribution is -2.26. The standard InChI is InChI=1S/C15H13IN2O2S2/c1-18-14(19)12(21-10-6-2-4-8-16-10)13(15(18)20)22-11-7-3-5-9-17-11/h2-9,12-13H,1H3. The summed E-state index contributed by atoms with van der Waals surface area (Å²) in [6, 6.07) is 5.59. The lowest BCUT2D eigenvalue weighted by molar-refractivity contribution is -0.136. The highest BCUT2D eigenvalue weighted by atomic mass is 127. The fourth-order valence-corrected chi connectivity index (χ4v) is 7.16. The molecule has 2 unspecified atom stereocenters. The second-order valence-corrected chi connectivity index (χ2v) is 10.2. The van der Waals surface area contributed by atoms with Crippen LogP contribution >= 0.6 is 44.3 Å². The van der Waals surface area contributed by atoms with Crippen molar-refractivity contribution in [2.75, 3.05) is 7.05 Å². The van der Waals surface area contributed by atoms with E-state index in [1.165, 1.54) is 31.3 Å². The highest BCUT2D eigenvalue weighted by Crippen LogP contribution is 2.42. The first-order valence-electron chi connectivity index (χ1n) is 6.56. The van der Waals surface area contributed by atoms with Crippen LogP contribution in [0.15, 0.2) is 50.6 Å². The number of likely N-dealkylation sites (tertiary alicyclic amines) is 1. The van der Waals surface area contributed by atoms with Gasteiger partial charge in [0.1, 0.15) is 10.5 Å². The van der Waals surface area contributed by atoms with Gasteiger partial charge in [-0.3, -0.25) is 14.5 Å². The first kappa shape index (κ1) is 15.9. The summed E-state index contributed by atoms with van der Waals surface area (Å²) in [5.41, 5.74) is 0. The number of aromatic nitrogens is 1. The fourth-order valence-electron chi connectivity index (χ4n) is 2.01. The van der Waals surface area contributed by atoms with Crippen molar-refractivity contribution >= 4 is 60.1 Å². The fraction of sp³-hybridized carbons (Fsp3) is 0.200. The molecule has 3 heterocycles. The Hall–Kier alpha value is -0.930. The van der Waals surface area contributed by atoms with Gasteiger partial charge in [-0.1, -0.05) is 50.7 Å². The molecule has 4 nitrogen and oxygen atoms in total. The minimum Gasteiger partial charge on any atom is -0.284 e. The van der Waals surface area contributed by atoms with Crippen LogP contribution in [0.2, 0.25) is 0 Å². The van der Waals surface area contributed by atoms with Gasteiger partial charge < -0.3 is 0 Å². The molecular weight excluding hydrogens is 431 g/mol. The maximum absolute atomic E-state index is 12.4. The molecular formula is C15H13IN2O2S2. The molecule has 0 spiro atoms. The number of thioether (sulfide) groups is 2. The molecule has 2 aliphatic rings.